The molecule has 0 radical (unpaired) electrons. The molecule has 1 fully saturated rings. The van der Waals surface area contributed by atoms with Gasteiger partial charge < -0.3 is 5.32 Å². The summed E-state index contributed by atoms with van der Waals surface area (Å²) in [5.74, 6) is 0.0296. The molecule has 1 saturated heterocycles. The molecule has 0 unspecified atom stereocenters. The fraction of sp³-hybridized carbons (Fsp3) is 0.429. The number of anilines is 1. The molecule has 1 aliphatic heterocycles. The third kappa shape index (κ3) is 3.50. The number of aromatic nitrogens is 2. The van der Waals surface area contributed by atoms with E-state index in [0.29, 0.717) is 23.8 Å². The second-order valence-corrected chi connectivity index (χ2v) is 6.89. The first-order chi connectivity index (χ1) is 10.6. The number of thiazole rings is 2. The van der Waals surface area contributed by atoms with E-state index in [1.807, 2.05) is 17.7 Å². The first-order valence-corrected chi connectivity index (χ1v) is 8.80. The lowest BCUT2D eigenvalue weighted by Crippen LogP contribution is -2.25. The van der Waals surface area contributed by atoms with Crippen LogP contribution in [0.3, 0.4) is 0 Å². The molecule has 22 heavy (non-hydrogen) atoms. The lowest BCUT2D eigenvalue weighted by Gasteiger charge is -2.10. The minimum absolute atomic E-state index is 0.0857. The monoisotopic (exact) mass is 336 g/mol. The third-order valence-electron chi connectivity index (χ3n) is 3.29. The van der Waals surface area contributed by atoms with E-state index in [2.05, 4.69) is 15.3 Å². The van der Waals surface area contributed by atoms with Crippen molar-refractivity contribution in [2.45, 2.75) is 32.7 Å². The number of nitrogens with one attached hydrogen (secondary N) is 1. The van der Waals surface area contributed by atoms with Crippen molar-refractivity contribution >= 4 is 39.6 Å². The lowest BCUT2D eigenvalue weighted by atomic mass is 10.3. The van der Waals surface area contributed by atoms with Gasteiger partial charge in [-0.25, -0.2) is 9.97 Å². The number of rotatable bonds is 5. The predicted octanol–water partition coefficient (Wildman–Crippen LogP) is 1.89. The molecule has 0 bridgehead atoms. The molecular weight excluding hydrogens is 320 g/mol. The Kier molecular flexibility index (Phi) is 4.49. The number of nitrogens with zero attached hydrogens (tertiary/aromatic N) is 3. The summed E-state index contributed by atoms with van der Waals surface area (Å²) < 4.78 is 0. The van der Waals surface area contributed by atoms with Crippen molar-refractivity contribution in [1.29, 1.82) is 0 Å². The Labute approximate surface area is 136 Å². The van der Waals surface area contributed by atoms with E-state index in [0.717, 1.165) is 23.7 Å². The quantitative estimate of drug-likeness (QED) is 0.905. The number of hydrogen-bond acceptors (Lipinski definition) is 6. The fourth-order valence-corrected chi connectivity index (χ4v) is 3.82. The van der Waals surface area contributed by atoms with Crippen LogP contribution in [0.2, 0.25) is 0 Å². The van der Waals surface area contributed by atoms with E-state index < -0.39 is 0 Å². The Bertz CT molecular complexity index is 695. The summed E-state index contributed by atoms with van der Waals surface area (Å²) >= 11 is 2.95. The molecule has 0 aliphatic carbocycles. The van der Waals surface area contributed by atoms with Crippen LogP contribution < -0.4 is 10.2 Å². The first-order valence-electron chi connectivity index (χ1n) is 7.04. The predicted molar refractivity (Wildman–Crippen MR) is 86.1 cm³/mol. The van der Waals surface area contributed by atoms with Crippen LogP contribution in [-0.4, -0.2) is 28.3 Å². The van der Waals surface area contributed by atoms with Gasteiger partial charge >= 0.3 is 0 Å². The standard InChI is InChI=1S/C14H16N4O2S2/c1-9-7-21-12(16-9)6-15-11(19)5-10-8-22-14(17-10)18-4-2-3-13(18)20/h7-8H,2-6H2,1H3,(H,15,19). The Morgan fingerprint density at radius 1 is 1.36 bits per heavy atom. The summed E-state index contributed by atoms with van der Waals surface area (Å²) in [6.07, 6.45) is 1.69. The molecule has 3 heterocycles. The van der Waals surface area contributed by atoms with Crippen LogP contribution in [0.25, 0.3) is 0 Å². The minimum Gasteiger partial charge on any atom is -0.349 e. The molecule has 1 aliphatic rings. The van der Waals surface area contributed by atoms with Crippen molar-refractivity contribution in [3.8, 4) is 0 Å². The average Bonchev–Trinajstić information content (AvgIpc) is 3.18. The van der Waals surface area contributed by atoms with Crippen LogP contribution in [0.15, 0.2) is 10.8 Å². The van der Waals surface area contributed by atoms with Gasteiger partial charge in [-0.1, -0.05) is 0 Å². The Hall–Kier alpha value is -1.80. The number of carbonyl (C=O) groups excluding carboxylic acids is 2. The highest BCUT2D eigenvalue weighted by molar-refractivity contribution is 7.14. The van der Waals surface area contributed by atoms with Gasteiger partial charge in [0, 0.05) is 29.4 Å². The van der Waals surface area contributed by atoms with Crippen LogP contribution in [0.5, 0.6) is 0 Å². The maximum atomic E-state index is 11.9. The molecule has 3 rings (SSSR count). The number of hydrogen-bond donors (Lipinski definition) is 1. The van der Waals surface area contributed by atoms with E-state index >= 15 is 0 Å². The minimum atomic E-state index is -0.0857. The summed E-state index contributed by atoms with van der Waals surface area (Å²) in [5, 5.41) is 8.23. The molecule has 116 valence electrons. The van der Waals surface area contributed by atoms with E-state index in [1.165, 1.54) is 22.7 Å². The molecule has 1 N–H and O–H groups in total. The van der Waals surface area contributed by atoms with Gasteiger partial charge in [-0.3, -0.25) is 14.5 Å². The Morgan fingerprint density at radius 2 is 2.23 bits per heavy atom. The highest BCUT2D eigenvalue weighted by Crippen LogP contribution is 2.25. The highest BCUT2D eigenvalue weighted by atomic mass is 32.1. The second-order valence-electron chi connectivity index (χ2n) is 5.11. The zero-order valence-corrected chi connectivity index (χ0v) is 13.8. The molecule has 2 aromatic heterocycles. The van der Waals surface area contributed by atoms with Crippen molar-refractivity contribution in [3.05, 3.63) is 27.2 Å². The normalized spacial score (nSPS) is 14.6. The van der Waals surface area contributed by atoms with Gasteiger partial charge in [-0.2, -0.15) is 0 Å². The summed E-state index contributed by atoms with van der Waals surface area (Å²) in [6.45, 7) is 3.10. The van der Waals surface area contributed by atoms with Gasteiger partial charge in [0.2, 0.25) is 11.8 Å². The topological polar surface area (TPSA) is 75.2 Å². The largest absolute Gasteiger partial charge is 0.349 e. The van der Waals surface area contributed by atoms with Crippen molar-refractivity contribution in [2.75, 3.05) is 11.4 Å². The second kappa shape index (κ2) is 6.53. The van der Waals surface area contributed by atoms with Gasteiger partial charge in [0.05, 0.1) is 18.7 Å². The SMILES string of the molecule is Cc1csc(CNC(=O)Cc2csc(N3CCCC3=O)n2)n1. The number of aryl methyl sites for hydroxylation is 1. The lowest BCUT2D eigenvalue weighted by molar-refractivity contribution is -0.120. The van der Waals surface area contributed by atoms with Crippen LogP contribution in [-0.2, 0) is 22.6 Å². The van der Waals surface area contributed by atoms with Crippen LogP contribution in [0.1, 0.15) is 29.2 Å². The van der Waals surface area contributed by atoms with Gasteiger partial charge in [0.15, 0.2) is 5.13 Å². The van der Waals surface area contributed by atoms with Crippen molar-refractivity contribution in [2.24, 2.45) is 0 Å². The smallest absolute Gasteiger partial charge is 0.228 e. The molecule has 0 aromatic carbocycles. The maximum Gasteiger partial charge on any atom is 0.228 e. The van der Waals surface area contributed by atoms with Crippen LogP contribution in [0, 0.1) is 6.92 Å². The summed E-state index contributed by atoms with van der Waals surface area (Å²) in [4.78, 5) is 34.0. The molecule has 6 nitrogen and oxygen atoms in total. The number of amides is 2. The van der Waals surface area contributed by atoms with E-state index in [4.69, 9.17) is 0 Å². The zero-order chi connectivity index (χ0) is 15.5. The molecule has 0 saturated carbocycles. The van der Waals surface area contributed by atoms with E-state index in [9.17, 15) is 9.59 Å². The van der Waals surface area contributed by atoms with Gasteiger partial charge in [-0.05, 0) is 13.3 Å². The average molecular weight is 336 g/mol. The van der Waals surface area contributed by atoms with Gasteiger partial charge in [0.25, 0.3) is 0 Å². The summed E-state index contributed by atoms with van der Waals surface area (Å²) in [7, 11) is 0. The zero-order valence-electron chi connectivity index (χ0n) is 12.2. The summed E-state index contributed by atoms with van der Waals surface area (Å²) in [5.41, 5.74) is 1.67. The van der Waals surface area contributed by atoms with Crippen molar-refractivity contribution in [1.82, 2.24) is 15.3 Å². The third-order valence-corrected chi connectivity index (χ3v) is 5.17. The molecular formula is C14H16N4O2S2. The maximum absolute atomic E-state index is 11.9. The molecule has 0 atom stereocenters. The number of carbonyl (C=O) groups is 2. The van der Waals surface area contributed by atoms with E-state index in [1.54, 1.807) is 4.90 Å². The molecule has 2 amide bonds. The molecule has 8 heteroatoms. The summed E-state index contributed by atoms with van der Waals surface area (Å²) in [6, 6.07) is 0. The van der Waals surface area contributed by atoms with Crippen LogP contribution in [0.4, 0.5) is 5.13 Å². The fourth-order valence-electron chi connectivity index (χ4n) is 2.24. The molecule has 2 aromatic rings. The Morgan fingerprint density at radius 3 is 2.91 bits per heavy atom. The first kappa shape index (κ1) is 15.1. The Balaban J connectivity index is 1.53. The van der Waals surface area contributed by atoms with E-state index in [-0.39, 0.29) is 18.2 Å². The highest BCUT2D eigenvalue weighted by Gasteiger charge is 2.24. The van der Waals surface area contributed by atoms with Gasteiger partial charge in [-0.15, -0.1) is 22.7 Å². The molecule has 0 spiro atoms. The van der Waals surface area contributed by atoms with Crippen LogP contribution >= 0.6 is 22.7 Å². The van der Waals surface area contributed by atoms with Gasteiger partial charge in [0.1, 0.15) is 5.01 Å². The van der Waals surface area contributed by atoms with Crippen molar-refractivity contribution in [3.63, 3.8) is 0 Å². The van der Waals surface area contributed by atoms with Crippen molar-refractivity contribution < 1.29 is 9.59 Å².